The Morgan fingerprint density at radius 1 is 1.29 bits per heavy atom. The normalized spacial score (nSPS) is 12.8. The lowest BCUT2D eigenvalue weighted by atomic mass is 10.0. The lowest BCUT2D eigenvalue weighted by Gasteiger charge is -2.16. The highest BCUT2D eigenvalue weighted by Crippen LogP contribution is 2.22. The first-order valence-electron chi connectivity index (χ1n) is 6.18. The summed E-state index contributed by atoms with van der Waals surface area (Å²) in [5.74, 6) is 0. The summed E-state index contributed by atoms with van der Waals surface area (Å²) >= 11 is 3.65. The Kier molecular flexibility index (Phi) is 5.23. The Balaban J connectivity index is 1.82. The van der Waals surface area contributed by atoms with Crippen LogP contribution in [0, 0.1) is 0 Å². The second-order valence-electron chi connectivity index (χ2n) is 4.14. The Labute approximate surface area is 112 Å². The molecule has 1 atom stereocenters. The fourth-order valence-electron chi connectivity index (χ4n) is 2.04. The summed E-state index contributed by atoms with van der Waals surface area (Å²) < 4.78 is 0. The zero-order chi connectivity index (χ0) is 11.9. The van der Waals surface area contributed by atoms with Crippen LogP contribution in [0.15, 0.2) is 34.3 Å². The third-order valence-electron chi connectivity index (χ3n) is 2.89. The summed E-state index contributed by atoms with van der Waals surface area (Å²) in [5.41, 5.74) is 1.45. The first-order chi connectivity index (χ1) is 8.40. The molecule has 0 aliphatic carbocycles. The number of nitrogens with one attached hydrogen (secondary N) is 1. The Morgan fingerprint density at radius 3 is 2.88 bits per heavy atom. The van der Waals surface area contributed by atoms with Crippen molar-refractivity contribution in [2.45, 2.75) is 32.2 Å². The number of hydrogen-bond donors (Lipinski definition) is 1. The molecule has 0 amide bonds. The molecule has 2 rings (SSSR count). The molecule has 0 bridgehead atoms. The van der Waals surface area contributed by atoms with Gasteiger partial charge < -0.3 is 5.32 Å². The second kappa shape index (κ2) is 6.94. The molecule has 1 N–H and O–H groups in total. The van der Waals surface area contributed by atoms with Gasteiger partial charge in [-0.05, 0) is 59.6 Å². The average Bonchev–Trinajstić information content (AvgIpc) is 3.01. The minimum Gasteiger partial charge on any atom is -0.310 e. The van der Waals surface area contributed by atoms with Gasteiger partial charge in [0.25, 0.3) is 0 Å². The van der Waals surface area contributed by atoms with Crippen molar-refractivity contribution in [3.63, 3.8) is 0 Å². The molecule has 1 nitrogen and oxygen atoms in total. The van der Waals surface area contributed by atoms with Crippen molar-refractivity contribution in [2.75, 3.05) is 6.54 Å². The molecule has 2 aromatic rings. The SMILES string of the molecule is CCNC(CCCc1cccs1)c1ccsc1. The molecule has 2 heterocycles. The van der Waals surface area contributed by atoms with Gasteiger partial charge in [0.2, 0.25) is 0 Å². The molecule has 0 saturated heterocycles. The molecule has 0 aromatic carbocycles. The quantitative estimate of drug-likeness (QED) is 0.778. The maximum absolute atomic E-state index is 3.58. The summed E-state index contributed by atoms with van der Waals surface area (Å²) in [4.78, 5) is 1.51. The summed E-state index contributed by atoms with van der Waals surface area (Å²) in [5, 5.41) is 10.2. The van der Waals surface area contributed by atoms with E-state index in [-0.39, 0.29) is 0 Å². The zero-order valence-corrected chi connectivity index (χ0v) is 11.8. The highest BCUT2D eigenvalue weighted by Gasteiger charge is 2.10. The van der Waals surface area contributed by atoms with Crippen molar-refractivity contribution in [3.05, 3.63) is 44.8 Å². The number of aryl methyl sites for hydroxylation is 1. The van der Waals surface area contributed by atoms with Crippen LogP contribution in [0.5, 0.6) is 0 Å². The number of hydrogen-bond acceptors (Lipinski definition) is 3. The van der Waals surface area contributed by atoms with Gasteiger partial charge in [-0.15, -0.1) is 11.3 Å². The largest absolute Gasteiger partial charge is 0.310 e. The van der Waals surface area contributed by atoms with Gasteiger partial charge in [0.05, 0.1) is 0 Å². The molecular weight excluding hydrogens is 246 g/mol. The van der Waals surface area contributed by atoms with E-state index >= 15 is 0 Å². The molecule has 3 heteroatoms. The van der Waals surface area contributed by atoms with Crippen LogP contribution in [0.4, 0.5) is 0 Å². The van der Waals surface area contributed by atoms with E-state index in [0.717, 1.165) is 6.54 Å². The van der Waals surface area contributed by atoms with E-state index < -0.39 is 0 Å². The van der Waals surface area contributed by atoms with E-state index in [1.54, 1.807) is 11.3 Å². The summed E-state index contributed by atoms with van der Waals surface area (Å²) in [6.45, 7) is 3.22. The zero-order valence-electron chi connectivity index (χ0n) is 10.2. The first-order valence-corrected chi connectivity index (χ1v) is 8.00. The van der Waals surface area contributed by atoms with Crippen LogP contribution in [0.3, 0.4) is 0 Å². The van der Waals surface area contributed by atoms with Crippen molar-refractivity contribution in [1.82, 2.24) is 5.32 Å². The number of rotatable bonds is 7. The Bertz CT molecular complexity index is 392. The lowest BCUT2D eigenvalue weighted by molar-refractivity contribution is 0.500. The van der Waals surface area contributed by atoms with Gasteiger partial charge in [-0.3, -0.25) is 0 Å². The van der Waals surface area contributed by atoms with Crippen LogP contribution in [0.2, 0.25) is 0 Å². The molecule has 2 aromatic heterocycles. The standard InChI is InChI=1S/C14H19NS2/c1-2-15-14(12-8-10-16-11-12)7-3-5-13-6-4-9-17-13/h4,6,8-11,14-15H,2-3,5,7H2,1H3. The van der Waals surface area contributed by atoms with Crippen LogP contribution in [-0.2, 0) is 6.42 Å². The fraction of sp³-hybridized carbons (Fsp3) is 0.429. The monoisotopic (exact) mass is 265 g/mol. The van der Waals surface area contributed by atoms with Crippen LogP contribution in [-0.4, -0.2) is 6.54 Å². The highest BCUT2D eigenvalue weighted by molar-refractivity contribution is 7.09. The van der Waals surface area contributed by atoms with E-state index in [1.165, 1.54) is 29.7 Å². The Morgan fingerprint density at radius 2 is 2.24 bits per heavy atom. The third kappa shape index (κ3) is 3.95. The molecule has 1 unspecified atom stereocenters. The van der Waals surface area contributed by atoms with Crippen molar-refractivity contribution in [2.24, 2.45) is 0 Å². The van der Waals surface area contributed by atoms with Gasteiger partial charge in [-0.1, -0.05) is 13.0 Å². The van der Waals surface area contributed by atoms with Gasteiger partial charge in [0.15, 0.2) is 0 Å². The van der Waals surface area contributed by atoms with Gasteiger partial charge in [-0.25, -0.2) is 0 Å². The summed E-state index contributed by atoms with van der Waals surface area (Å²) in [6, 6.07) is 7.15. The van der Waals surface area contributed by atoms with E-state index in [1.807, 2.05) is 11.3 Å². The van der Waals surface area contributed by atoms with Crippen LogP contribution in [0.1, 0.15) is 36.2 Å². The van der Waals surface area contributed by atoms with E-state index in [2.05, 4.69) is 46.6 Å². The molecule has 0 radical (unpaired) electrons. The highest BCUT2D eigenvalue weighted by atomic mass is 32.1. The predicted octanol–water partition coefficient (Wildman–Crippen LogP) is 4.48. The van der Waals surface area contributed by atoms with E-state index in [9.17, 15) is 0 Å². The summed E-state index contributed by atoms with van der Waals surface area (Å²) in [6.07, 6.45) is 3.69. The van der Waals surface area contributed by atoms with Crippen LogP contribution < -0.4 is 5.32 Å². The fourth-order valence-corrected chi connectivity index (χ4v) is 3.51. The van der Waals surface area contributed by atoms with Gasteiger partial charge >= 0.3 is 0 Å². The lowest BCUT2D eigenvalue weighted by Crippen LogP contribution is -2.20. The van der Waals surface area contributed by atoms with Gasteiger partial charge in [-0.2, -0.15) is 11.3 Å². The minimum absolute atomic E-state index is 0.534. The van der Waals surface area contributed by atoms with Crippen molar-refractivity contribution in [3.8, 4) is 0 Å². The Hall–Kier alpha value is -0.640. The predicted molar refractivity (Wildman–Crippen MR) is 78.0 cm³/mol. The third-order valence-corrected chi connectivity index (χ3v) is 4.53. The molecule has 0 saturated carbocycles. The second-order valence-corrected chi connectivity index (χ2v) is 5.95. The first kappa shape index (κ1) is 12.8. The molecule has 0 spiro atoms. The van der Waals surface area contributed by atoms with Crippen molar-refractivity contribution in [1.29, 1.82) is 0 Å². The molecule has 0 aliphatic rings. The summed E-state index contributed by atoms with van der Waals surface area (Å²) in [7, 11) is 0. The number of thiophene rings is 2. The van der Waals surface area contributed by atoms with Gasteiger partial charge in [0.1, 0.15) is 0 Å². The van der Waals surface area contributed by atoms with Crippen LogP contribution in [0.25, 0.3) is 0 Å². The molecule has 92 valence electrons. The van der Waals surface area contributed by atoms with Crippen molar-refractivity contribution >= 4 is 22.7 Å². The molecule has 17 heavy (non-hydrogen) atoms. The average molecular weight is 265 g/mol. The maximum Gasteiger partial charge on any atom is 0.0328 e. The minimum atomic E-state index is 0.534. The topological polar surface area (TPSA) is 12.0 Å². The van der Waals surface area contributed by atoms with Gasteiger partial charge in [0, 0.05) is 10.9 Å². The van der Waals surface area contributed by atoms with E-state index in [0.29, 0.717) is 6.04 Å². The molecular formula is C14H19NS2. The molecule has 0 aliphatic heterocycles. The van der Waals surface area contributed by atoms with Crippen LogP contribution >= 0.6 is 22.7 Å². The smallest absolute Gasteiger partial charge is 0.0328 e. The maximum atomic E-state index is 3.58. The molecule has 0 fully saturated rings. The van der Waals surface area contributed by atoms with Crippen molar-refractivity contribution < 1.29 is 0 Å². The van der Waals surface area contributed by atoms with E-state index in [4.69, 9.17) is 0 Å².